The van der Waals surface area contributed by atoms with E-state index >= 15 is 0 Å². The van der Waals surface area contributed by atoms with Gasteiger partial charge in [-0.2, -0.15) is 0 Å². The lowest BCUT2D eigenvalue weighted by molar-refractivity contribution is -0.120. The molecule has 3 aromatic carbocycles. The summed E-state index contributed by atoms with van der Waals surface area (Å²) < 4.78 is 31.7. The number of benzene rings is 3. The summed E-state index contributed by atoms with van der Waals surface area (Å²) in [5.74, 6) is -1.84. The van der Waals surface area contributed by atoms with E-state index < -0.39 is 23.4 Å². The first kappa shape index (κ1) is 22.6. The van der Waals surface area contributed by atoms with E-state index in [-0.39, 0.29) is 25.4 Å². The van der Waals surface area contributed by atoms with Crippen LogP contribution in [0.1, 0.15) is 22.3 Å². The number of hydrogen-bond acceptors (Lipinski definition) is 4. The van der Waals surface area contributed by atoms with Crippen LogP contribution in [0, 0.1) is 11.6 Å². The van der Waals surface area contributed by atoms with E-state index in [0.29, 0.717) is 22.6 Å². The van der Waals surface area contributed by atoms with Crippen molar-refractivity contribution < 1.29 is 27.9 Å². The van der Waals surface area contributed by atoms with Crippen molar-refractivity contribution >= 4 is 23.3 Å². The zero-order chi connectivity index (χ0) is 23.1. The number of carbonyl (C=O) groups excluding carboxylic acids is 3. The van der Waals surface area contributed by atoms with E-state index in [4.69, 9.17) is 10.5 Å². The lowest BCUT2D eigenvalue weighted by Gasteiger charge is -2.22. The van der Waals surface area contributed by atoms with Crippen LogP contribution in [0.15, 0.2) is 72.8 Å². The third-order valence-corrected chi connectivity index (χ3v) is 4.61. The summed E-state index contributed by atoms with van der Waals surface area (Å²) in [6.45, 7) is -0.324. The Balaban J connectivity index is 1.65. The minimum Gasteiger partial charge on any atom is -0.484 e. The first-order valence-corrected chi connectivity index (χ1v) is 9.71. The Labute approximate surface area is 183 Å². The van der Waals surface area contributed by atoms with Crippen molar-refractivity contribution in [2.24, 2.45) is 5.73 Å². The van der Waals surface area contributed by atoms with Gasteiger partial charge in [0.1, 0.15) is 17.4 Å². The van der Waals surface area contributed by atoms with Gasteiger partial charge in [0.05, 0.1) is 0 Å². The summed E-state index contributed by atoms with van der Waals surface area (Å²) in [6.07, 6.45) is -0.0662. The fourth-order valence-electron chi connectivity index (χ4n) is 2.93. The molecular weight excluding hydrogens is 418 g/mol. The predicted octanol–water partition coefficient (Wildman–Crippen LogP) is 3.48. The van der Waals surface area contributed by atoms with E-state index in [1.807, 2.05) is 0 Å². The maximum absolute atomic E-state index is 13.2. The van der Waals surface area contributed by atoms with Crippen LogP contribution in [-0.2, 0) is 9.59 Å². The highest BCUT2D eigenvalue weighted by atomic mass is 19.1. The molecule has 6 nitrogen and oxygen atoms in total. The molecule has 0 aromatic heterocycles. The smallest absolute Gasteiger partial charge is 0.264 e. The number of ketones is 1. The standard InChI is InChI=1S/C24H20F2N2O4/c25-18-5-1-16(2-6-18)24(31)17-3-11-21(12-4-17)32-15-23(30)28(14-13-22(27)29)20-9-7-19(26)8-10-20/h1-12H,13-15H2,(H2,27,29). The molecule has 0 saturated carbocycles. The van der Waals surface area contributed by atoms with E-state index in [9.17, 15) is 23.2 Å². The minimum atomic E-state index is -0.577. The van der Waals surface area contributed by atoms with Gasteiger partial charge >= 0.3 is 0 Å². The molecule has 0 fully saturated rings. The molecule has 0 bridgehead atoms. The second kappa shape index (κ2) is 10.3. The first-order chi connectivity index (χ1) is 15.3. The van der Waals surface area contributed by atoms with Crippen LogP contribution < -0.4 is 15.4 Å². The number of nitrogens with zero attached hydrogens (tertiary/aromatic N) is 1. The highest BCUT2D eigenvalue weighted by molar-refractivity contribution is 6.09. The molecular formula is C24H20F2N2O4. The number of halogens is 2. The van der Waals surface area contributed by atoms with Gasteiger partial charge in [-0.25, -0.2) is 8.78 Å². The number of nitrogens with two attached hydrogens (primary N) is 1. The topological polar surface area (TPSA) is 89.7 Å². The number of rotatable bonds is 9. The molecule has 3 aromatic rings. The second-order valence-electron chi connectivity index (χ2n) is 6.89. The van der Waals surface area contributed by atoms with Crippen LogP contribution in [-0.4, -0.2) is 30.7 Å². The summed E-state index contributed by atoms with van der Waals surface area (Å²) in [5, 5.41) is 0. The van der Waals surface area contributed by atoms with Gasteiger partial charge in [-0.1, -0.05) is 0 Å². The van der Waals surface area contributed by atoms with Crippen LogP contribution >= 0.6 is 0 Å². The third-order valence-electron chi connectivity index (χ3n) is 4.61. The summed E-state index contributed by atoms with van der Waals surface area (Å²) in [6, 6.07) is 16.6. The molecule has 0 aliphatic carbocycles. The zero-order valence-corrected chi connectivity index (χ0v) is 17.0. The molecule has 164 valence electrons. The molecule has 32 heavy (non-hydrogen) atoms. The number of ether oxygens (including phenoxy) is 1. The molecule has 2 amide bonds. The summed E-state index contributed by atoms with van der Waals surface area (Å²) >= 11 is 0. The van der Waals surface area contributed by atoms with Gasteiger partial charge in [0.15, 0.2) is 12.4 Å². The summed E-state index contributed by atoms with van der Waals surface area (Å²) in [4.78, 5) is 37.5. The monoisotopic (exact) mass is 438 g/mol. The van der Waals surface area contributed by atoms with Gasteiger partial charge in [0, 0.05) is 29.8 Å². The second-order valence-corrected chi connectivity index (χ2v) is 6.89. The van der Waals surface area contributed by atoms with Gasteiger partial charge in [-0.05, 0) is 72.8 Å². The first-order valence-electron chi connectivity index (χ1n) is 9.71. The Kier molecular flexibility index (Phi) is 7.28. The Morgan fingerprint density at radius 1 is 0.781 bits per heavy atom. The lowest BCUT2D eigenvalue weighted by atomic mass is 10.0. The number of amides is 2. The molecule has 0 atom stereocenters. The number of primary amides is 1. The Bertz CT molecular complexity index is 1100. The molecule has 8 heteroatoms. The molecule has 3 rings (SSSR count). The molecule has 2 N–H and O–H groups in total. The number of hydrogen-bond donors (Lipinski definition) is 1. The van der Waals surface area contributed by atoms with Crippen LogP contribution in [0.25, 0.3) is 0 Å². The molecule has 0 spiro atoms. The maximum Gasteiger partial charge on any atom is 0.264 e. The lowest BCUT2D eigenvalue weighted by Crippen LogP contribution is -2.37. The van der Waals surface area contributed by atoms with Gasteiger partial charge < -0.3 is 15.4 Å². The summed E-state index contributed by atoms with van der Waals surface area (Å²) in [7, 11) is 0. The molecule has 0 heterocycles. The quantitative estimate of drug-likeness (QED) is 0.518. The highest BCUT2D eigenvalue weighted by Gasteiger charge is 2.18. The Morgan fingerprint density at radius 3 is 1.81 bits per heavy atom. The van der Waals surface area contributed by atoms with Crippen LogP contribution in [0.2, 0.25) is 0 Å². The van der Waals surface area contributed by atoms with Crippen LogP contribution in [0.5, 0.6) is 5.75 Å². The third kappa shape index (κ3) is 5.98. The Morgan fingerprint density at radius 2 is 1.28 bits per heavy atom. The zero-order valence-electron chi connectivity index (χ0n) is 17.0. The van der Waals surface area contributed by atoms with Gasteiger partial charge in [-0.15, -0.1) is 0 Å². The van der Waals surface area contributed by atoms with Gasteiger partial charge in [0.2, 0.25) is 5.91 Å². The fourth-order valence-corrected chi connectivity index (χ4v) is 2.93. The molecule has 0 aliphatic heterocycles. The molecule has 0 unspecified atom stereocenters. The average Bonchev–Trinajstić information content (AvgIpc) is 2.79. The molecule has 0 saturated heterocycles. The largest absolute Gasteiger partial charge is 0.484 e. The number of anilines is 1. The average molecular weight is 438 g/mol. The Hall–Kier alpha value is -4.07. The van der Waals surface area contributed by atoms with Crippen molar-refractivity contribution in [3.8, 4) is 5.75 Å². The van der Waals surface area contributed by atoms with Crippen LogP contribution in [0.3, 0.4) is 0 Å². The van der Waals surface area contributed by atoms with Crippen molar-refractivity contribution in [2.45, 2.75) is 6.42 Å². The van der Waals surface area contributed by atoms with E-state index in [0.717, 1.165) is 0 Å². The van der Waals surface area contributed by atoms with Crippen LogP contribution in [0.4, 0.5) is 14.5 Å². The summed E-state index contributed by atoms with van der Waals surface area (Å²) in [5.41, 5.74) is 6.31. The fraction of sp³-hybridized carbons (Fsp3) is 0.125. The normalized spacial score (nSPS) is 10.4. The van der Waals surface area contributed by atoms with Crippen molar-refractivity contribution in [1.82, 2.24) is 0 Å². The maximum atomic E-state index is 13.2. The van der Waals surface area contributed by atoms with Crippen molar-refractivity contribution in [3.05, 3.63) is 95.6 Å². The van der Waals surface area contributed by atoms with E-state index in [1.54, 1.807) is 0 Å². The SMILES string of the molecule is NC(=O)CCN(C(=O)COc1ccc(C(=O)c2ccc(F)cc2)cc1)c1ccc(F)cc1. The van der Waals surface area contributed by atoms with Gasteiger partial charge in [-0.3, -0.25) is 14.4 Å². The van der Waals surface area contributed by atoms with Crippen molar-refractivity contribution in [2.75, 3.05) is 18.1 Å². The van der Waals surface area contributed by atoms with E-state index in [1.165, 1.54) is 77.7 Å². The number of carbonyl (C=O) groups is 3. The highest BCUT2D eigenvalue weighted by Crippen LogP contribution is 2.18. The predicted molar refractivity (Wildman–Crippen MR) is 114 cm³/mol. The van der Waals surface area contributed by atoms with Crippen molar-refractivity contribution in [1.29, 1.82) is 0 Å². The van der Waals surface area contributed by atoms with Gasteiger partial charge in [0.25, 0.3) is 5.91 Å². The van der Waals surface area contributed by atoms with E-state index in [2.05, 4.69) is 0 Å². The van der Waals surface area contributed by atoms with Crippen molar-refractivity contribution in [3.63, 3.8) is 0 Å². The molecule has 0 aliphatic rings. The minimum absolute atomic E-state index is 0.0221. The molecule has 0 radical (unpaired) electrons.